The third-order valence-corrected chi connectivity index (χ3v) is 6.75. The van der Waals surface area contributed by atoms with Gasteiger partial charge in [-0.25, -0.2) is 9.18 Å². The maximum Gasteiger partial charge on any atom is 0.341 e. The number of benzene rings is 2. The minimum absolute atomic E-state index is 0.285. The molecule has 2 unspecified atom stereocenters. The van der Waals surface area contributed by atoms with Crippen LogP contribution in [0.2, 0.25) is 0 Å². The molecule has 0 radical (unpaired) electrons. The summed E-state index contributed by atoms with van der Waals surface area (Å²) in [4.78, 5) is 13.3. The zero-order valence-corrected chi connectivity index (χ0v) is 16.0. The highest BCUT2D eigenvalue weighted by molar-refractivity contribution is 9.10. The van der Waals surface area contributed by atoms with Crippen molar-refractivity contribution in [2.45, 2.75) is 23.0 Å². The van der Waals surface area contributed by atoms with Crippen LogP contribution in [0.5, 0.6) is 5.75 Å². The highest BCUT2D eigenvalue weighted by atomic mass is 79.9. The summed E-state index contributed by atoms with van der Waals surface area (Å²) in [5.41, 5.74) is 2.51. The van der Waals surface area contributed by atoms with Crippen LogP contribution in [-0.4, -0.2) is 19.7 Å². The standard InChI is InChI=1S/C19H16BrFO3S/c1-23-19(22)17-10(9-25-16-5-3-12(21)7-15(16)20)2-4-13-14-6-11(14)8-24-18(13)17/h2-5,7,11,14H,6,8-9H2,1H3. The summed E-state index contributed by atoms with van der Waals surface area (Å²) in [6.07, 6.45) is 1.13. The molecule has 1 saturated carbocycles. The number of fused-ring (bicyclic) bond motifs is 3. The molecule has 0 bridgehead atoms. The normalized spacial score (nSPS) is 20.3. The van der Waals surface area contributed by atoms with E-state index in [0.29, 0.717) is 40.0 Å². The molecule has 0 N–H and O–H groups in total. The second kappa shape index (κ2) is 6.65. The first-order valence-electron chi connectivity index (χ1n) is 8.03. The average molecular weight is 423 g/mol. The van der Waals surface area contributed by atoms with Crippen LogP contribution in [0.3, 0.4) is 0 Å². The smallest absolute Gasteiger partial charge is 0.341 e. The number of carbonyl (C=O) groups is 1. The Labute approximate surface area is 158 Å². The van der Waals surface area contributed by atoms with Crippen molar-refractivity contribution in [2.75, 3.05) is 13.7 Å². The molecule has 2 aromatic rings. The summed E-state index contributed by atoms with van der Waals surface area (Å²) in [7, 11) is 1.39. The van der Waals surface area contributed by atoms with Gasteiger partial charge in [-0.05, 0) is 57.6 Å². The van der Waals surface area contributed by atoms with Gasteiger partial charge in [0.25, 0.3) is 0 Å². The Hall–Kier alpha value is -1.53. The zero-order valence-electron chi connectivity index (χ0n) is 13.6. The lowest BCUT2D eigenvalue weighted by Crippen LogP contribution is -2.15. The van der Waals surface area contributed by atoms with Gasteiger partial charge in [0, 0.05) is 21.0 Å². The van der Waals surface area contributed by atoms with E-state index in [4.69, 9.17) is 9.47 Å². The Morgan fingerprint density at radius 2 is 2.24 bits per heavy atom. The summed E-state index contributed by atoms with van der Waals surface area (Å²) < 4.78 is 24.8. The van der Waals surface area contributed by atoms with Gasteiger partial charge in [-0.2, -0.15) is 0 Å². The van der Waals surface area contributed by atoms with Crippen molar-refractivity contribution in [1.82, 2.24) is 0 Å². The summed E-state index contributed by atoms with van der Waals surface area (Å²) in [5.74, 6) is 1.70. The molecule has 1 heterocycles. The molecule has 1 aliphatic carbocycles. The molecule has 25 heavy (non-hydrogen) atoms. The largest absolute Gasteiger partial charge is 0.492 e. The van der Waals surface area contributed by atoms with Crippen molar-refractivity contribution < 1.29 is 18.7 Å². The first kappa shape index (κ1) is 16.9. The molecule has 6 heteroatoms. The highest BCUT2D eigenvalue weighted by Gasteiger charge is 2.45. The molecule has 0 aromatic heterocycles. The topological polar surface area (TPSA) is 35.5 Å². The molecular formula is C19H16BrFO3S. The summed E-state index contributed by atoms with van der Waals surface area (Å²) in [5, 5.41) is 0. The lowest BCUT2D eigenvalue weighted by Gasteiger charge is -2.21. The van der Waals surface area contributed by atoms with Crippen LogP contribution in [0.15, 0.2) is 39.7 Å². The average Bonchev–Trinajstić information content (AvgIpc) is 3.39. The van der Waals surface area contributed by atoms with Gasteiger partial charge >= 0.3 is 5.97 Å². The minimum atomic E-state index is -0.371. The molecule has 3 nitrogen and oxygen atoms in total. The predicted molar refractivity (Wildman–Crippen MR) is 97.8 cm³/mol. The molecule has 2 aromatic carbocycles. The first-order valence-corrected chi connectivity index (χ1v) is 9.81. The third kappa shape index (κ3) is 3.17. The van der Waals surface area contributed by atoms with Crippen LogP contribution in [0, 0.1) is 11.7 Å². The van der Waals surface area contributed by atoms with E-state index in [9.17, 15) is 9.18 Å². The second-order valence-electron chi connectivity index (χ2n) is 6.29. The summed E-state index contributed by atoms with van der Waals surface area (Å²) >= 11 is 4.91. The van der Waals surface area contributed by atoms with Gasteiger partial charge in [-0.1, -0.05) is 12.1 Å². The number of methoxy groups -OCH3 is 1. The molecule has 0 saturated heterocycles. The van der Waals surface area contributed by atoms with Crippen LogP contribution in [0.1, 0.15) is 33.8 Å². The van der Waals surface area contributed by atoms with Crippen LogP contribution in [0.4, 0.5) is 4.39 Å². The van der Waals surface area contributed by atoms with E-state index in [-0.39, 0.29) is 11.8 Å². The highest BCUT2D eigenvalue weighted by Crippen LogP contribution is 2.55. The van der Waals surface area contributed by atoms with E-state index < -0.39 is 0 Å². The van der Waals surface area contributed by atoms with Crippen molar-refractivity contribution in [3.63, 3.8) is 0 Å². The Morgan fingerprint density at radius 1 is 1.40 bits per heavy atom. The van der Waals surface area contributed by atoms with Crippen LogP contribution in [-0.2, 0) is 10.5 Å². The number of thioether (sulfide) groups is 1. The lowest BCUT2D eigenvalue weighted by atomic mass is 9.98. The number of ether oxygens (including phenoxy) is 2. The van der Waals surface area contributed by atoms with Crippen LogP contribution >= 0.6 is 27.7 Å². The number of rotatable bonds is 4. The lowest BCUT2D eigenvalue weighted by molar-refractivity contribution is 0.0594. The Morgan fingerprint density at radius 3 is 3.00 bits per heavy atom. The van der Waals surface area contributed by atoms with Gasteiger partial charge in [0.1, 0.15) is 17.1 Å². The van der Waals surface area contributed by atoms with E-state index in [2.05, 4.69) is 22.0 Å². The fourth-order valence-corrected chi connectivity index (χ4v) is 4.89. The number of esters is 1. The second-order valence-corrected chi connectivity index (χ2v) is 8.16. The van der Waals surface area contributed by atoms with E-state index >= 15 is 0 Å². The fourth-order valence-electron chi connectivity index (χ4n) is 3.28. The number of hydrogen-bond donors (Lipinski definition) is 0. The molecule has 4 rings (SSSR count). The van der Waals surface area contributed by atoms with E-state index in [1.54, 1.807) is 6.07 Å². The quantitative estimate of drug-likeness (QED) is 0.503. The summed E-state index contributed by atoms with van der Waals surface area (Å²) in [6.45, 7) is 0.668. The number of hydrogen-bond acceptors (Lipinski definition) is 4. The van der Waals surface area contributed by atoms with Crippen molar-refractivity contribution in [3.05, 3.63) is 57.3 Å². The third-order valence-electron chi connectivity index (χ3n) is 4.70. The molecule has 2 atom stereocenters. The first-order chi connectivity index (χ1) is 12.1. The number of halogens is 2. The van der Waals surface area contributed by atoms with E-state index in [1.165, 1.54) is 31.0 Å². The monoisotopic (exact) mass is 422 g/mol. The molecular weight excluding hydrogens is 407 g/mol. The minimum Gasteiger partial charge on any atom is -0.492 e. The zero-order chi connectivity index (χ0) is 17.6. The van der Waals surface area contributed by atoms with Gasteiger partial charge in [0.05, 0.1) is 13.7 Å². The van der Waals surface area contributed by atoms with Crippen molar-refractivity contribution in [2.24, 2.45) is 5.92 Å². The Kier molecular flexibility index (Phi) is 4.50. The maximum atomic E-state index is 13.2. The van der Waals surface area contributed by atoms with Crippen molar-refractivity contribution >= 4 is 33.7 Å². The Balaban J connectivity index is 1.66. The molecule has 0 amide bonds. The predicted octanol–water partition coefficient (Wildman–Crippen LogP) is 5.16. The Bertz CT molecular complexity index is 855. The van der Waals surface area contributed by atoms with E-state index in [1.807, 2.05) is 6.07 Å². The van der Waals surface area contributed by atoms with Crippen LogP contribution < -0.4 is 4.74 Å². The number of carbonyl (C=O) groups excluding carboxylic acids is 1. The van der Waals surface area contributed by atoms with Gasteiger partial charge < -0.3 is 9.47 Å². The van der Waals surface area contributed by atoms with Crippen molar-refractivity contribution in [3.8, 4) is 5.75 Å². The molecule has 130 valence electrons. The maximum absolute atomic E-state index is 13.2. The van der Waals surface area contributed by atoms with E-state index in [0.717, 1.165) is 22.4 Å². The molecule has 2 aliphatic rings. The van der Waals surface area contributed by atoms with Gasteiger partial charge in [0.2, 0.25) is 0 Å². The van der Waals surface area contributed by atoms with Gasteiger partial charge in [0.15, 0.2) is 0 Å². The molecule has 1 aliphatic heterocycles. The SMILES string of the molecule is COC(=O)c1c(CSc2ccc(F)cc2Br)ccc2c1OCC1CC21. The van der Waals surface area contributed by atoms with Crippen LogP contribution in [0.25, 0.3) is 0 Å². The molecule has 0 spiro atoms. The molecule has 1 fully saturated rings. The van der Waals surface area contributed by atoms with Gasteiger partial charge in [-0.15, -0.1) is 11.8 Å². The van der Waals surface area contributed by atoms with Gasteiger partial charge in [-0.3, -0.25) is 0 Å². The fraction of sp³-hybridized carbons (Fsp3) is 0.316. The van der Waals surface area contributed by atoms with Crippen molar-refractivity contribution in [1.29, 1.82) is 0 Å². The summed E-state index contributed by atoms with van der Waals surface area (Å²) in [6, 6.07) is 8.65.